The number of hydrogen-bond acceptors (Lipinski definition) is 3. The quantitative estimate of drug-likeness (QED) is 0.744. The first-order valence-electron chi connectivity index (χ1n) is 9.16. The van der Waals surface area contributed by atoms with Gasteiger partial charge in [0.2, 0.25) is 5.88 Å². The monoisotopic (exact) mass is 345 g/mol. The van der Waals surface area contributed by atoms with Crippen LogP contribution in [0.2, 0.25) is 0 Å². The van der Waals surface area contributed by atoms with Crippen LogP contribution in [-0.2, 0) is 25.0 Å². The van der Waals surface area contributed by atoms with E-state index in [1.807, 2.05) is 60.7 Å². The Kier molecular flexibility index (Phi) is 4.72. The normalized spacial score (nSPS) is 19.0. The van der Waals surface area contributed by atoms with Gasteiger partial charge in [0.05, 0.1) is 11.3 Å². The number of hydrogen-bond donors (Lipinski definition) is 1. The first kappa shape index (κ1) is 16.8. The highest BCUT2D eigenvalue weighted by molar-refractivity contribution is 5.35. The van der Waals surface area contributed by atoms with E-state index in [2.05, 4.69) is 17.1 Å². The molecule has 1 heterocycles. The summed E-state index contributed by atoms with van der Waals surface area (Å²) in [5.74, 6) is 0.622. The lowest BCUT2D eigenvalue weighted by atomic mass is 9.78. The van der Waals surface area contributed by atoms with E-state index in [1.54, 1.807) is 0 Å². The van der Waals surface area contributed by atoms with Gasteiger partial charge in [-0.1, -0.05) is 60.7 Å². The van der Waals surface area contributed by atoms with Gasteiger partial charge < -0.3 is 9.84 Å². The van der Waals surface area contributed by atoms with Gasteiger partial charge in [0, 0.05) is 18.1 Å². The van der Waals surface area contributed by atoms with E-state index in [-0.39, 0.29) is 0 Å². The van der Waals surface area contributed by atoms with Crippen LogP contribution in [-0.4, -0.2) is 10.1 Å². The van der Waals surface area contributed by atoms with Crippen LogP contribution in [0.25, 0.3) is 0 Å². The molecule has 0 aliphatic heterocycles. The Labute approximate surface area is 154 Å². The van der Waals surface area contributed by atoms with Crippen molar-refractivity contribution >= 4 is 0 Å². The summed E-state index contributed by atoms with van der Waals surface area (Å²) in [6, 6.07) is 24.1. The molecule has 0 spiro atoms. The number of rotatable bonds is 5. The van der Waals surface area contributed by atoms with Crippen LogP contribution in [0, 0.1) is 0 Å². The smallest absolute Gasteiger partial charge is 0.213 e. The fourth-order valence-electron chi connectivity index (χ4n) is 3.71. The van der Waals surface area contributed by atoms with E-state index in [9.17, 15) is 5.11 Å². The lowest BCUT2D eigenvalue weighted by molar-refractivity contribution is 0.0181. The maximum Gasteiger partial charge on any atom is 0.213 e. The molecule has 1 aliphatic carbocycles. The first-order chi connectivity index (χ1) is 12.7. The van der Waals surface area contributed by atoms with Gasteiger partial charge in [0.15, 0.2) is 0 Å². The van der Waals surface area contributed by atoms with Crippen LogP contribution >= 0.6 is 0 Å². The van der Waals surface area contributed by atoms with Gasteiger partial charge in [-0.15, -0.1) is 0 Å². The topological polar surface area (TPSA) is 42.4 Å². The Morgan fingerprint density at radius 1 is 0.885 bits per heavy atom. The molecule has 26 heavy (non-hydrogen) atoms. The van der Waals surface area contributed by atoms with E-state index in [0.29, 0.717) is 18.9 Å². The molecule has 1 N–H and O–H groups in total. The molecule has 0 fully saturated rings. The van der Waals surface area contributed by atoms with Crippen molar-refractivity contribution in [2.75, 3.05) is 0 Å². The zero-order valence-corrected chi connectivity index (χ0v) is 14.8. The van der Waals surface area contributed by atoms with Crippen molar-refractivity contribution in [3.8, 4) is 5.88 Å². The molecule has 1 atom stereocenters. The van der Waals surface area contributed by atoms with Crippen LogP contribution in [0.1, 0.15) is 35.2 Å². The van der Waals surface area contributed by atoms with Gasteiger partial charge in [-0.25, -0.2) is 4.98 Å². The maximum absolute atomic E-state index is 11.3. The average molecular weight is 345 g/mol. The summed E-state index contributed by atoms with van der Waals surface area (Å²) in [4.78, 5) is 4.68. The molecule has 0 bridgehead atoms. The zero-order valence-electron chi connectivity index (χ0n) is 14.8. The third-order valence-corrected chi connectivity index (χ3v) is 5.02. The standard InChI is InChI=1S/C23H23NO2/c25-23(16-18-8-3-1-4-9-18)15-7-12-21-20(23)13-14-22(24-21)26-17-19-10-5-2-6-11-19/h1-6,8-11,13-14,25H,7,12,15-17H2. The summed E-state index contributed by atoms with van der Waals surface area (Å²) in [6.07, 6.45) is 3.20. The highest BCUT2D eigenvalue weighted by Gasteiger charge is 2.35. The molecule has 4 rings (SSSR count). The highest BCUT2D eigenvalue weighted by Crippen LogP contribution is 2.38. The van der Waals surface area contributed by atoms with Crippen molar-refractivity contribution in [3.05, 3.63) is 95.2 Å². The second-order valence-electron chi connectivity index (χ2n) is 6.97. The summed E-state index contributed by atoms with van der Waals surface area (Å²) >= 11 is 0. The number of benzene rings is 2. The third kappa shape index (κ3) is 3.63. The van der Waals surface area contributed by atoms with Crippen LogP contribution < -0.4 is 4.74 Å². The van der Waals surface area contributed by atoms with Crippen molar-refractivity contribution < 1.29 is 9.84 Å². The fraction of sp³-hybridized carbons (Fsp3) is 0.261. The Morgan fingerprint density at radius 3 is 2.31 bits per heavy atom. The number of aryl methyl sites for hydroxylation is 1. The van der Waals surface area contributed by atoms with E-state index >= 15 is 0 Å². The SMILES string of the molecule is OC1(Cc2ccccc2)CCCc2nc(OCc3ccccc3)ccc21. The van der Waals surface area contributed by atoms with Crippen LogP contribution in [0.15, 0.2) is 72.8 Å². The predicted molar refractivity (Wildman–Crippen MR) is 102 cm³/mol. The summed E-state index contributed by atoms with van der Waals surface area (Å²) in [6.45, 7) is 0.501. The van der Waals surface area contributed by atoms with Gasteiger partial charge in [-0.2, -0.15) is 0 Å². The molecule has 1 aliphatic rings. The van der Waals surface area contributed by atoms with Crippen LogP contribution in [0.5, 0.6) is 5.88 Å². The Hall–Kier alpha value is -2.65. The number of nitrogens with zero attached hydrogens (tertiary/aromatic N) is 1. The summed E-state index contributed by atoms with van der Waals surface area (Å²) in [7, 11) is 0. The van der Waals surface area contributed by atoms with Gasteiger partial charge in [0.1, 0.15) is 6.61 Å². The lowest BCUT2D eigenvalue weighted by Gasteiger charge is -2.34. The maximum atomic E-state index is 11.3. The van der Waals surface area contributed by atoms with E-state index < -0.39 is 5.60 Å². The molecule has 3 heteroatoms. The number of aliphatic hydroxyl groups is 1. The fourth-order valence-corrected chi connectivity index (χ4v) is 3.71. The molecule has 0 saturated carbocycles. The van der Waals surface area contributed by atoms with E-state index in [1.165, 1.54) is 0 Å². The Balaban J connectivity index is 1.53. The molecule has 132 valence electrons. The summed E-state index contributed by atoms with van der Waals surface area (Å²) in [5, 5.41) is 11.3. The summed E-state index contributed by atoms with van der Waals surface area (Å²) < 4.78 is 5.85. The van der Waals surface area contributed by atoms with Crippen molar-refractivity contribution in [3.63, 3.8) is 0 Å². The first-order valence-corrected chi connectivity index (χ1v) is 9.16. The van der Waals surface area contributed by atoms with Crippen molar-refractivity contribution in [1.29, 1.82) is 0 Å². The van der Waals surface area contributed by atoms with Crippen molar-refractivity contribution in [2.24, 2.45) is 0 Å². The van der Waals surface area contributed by atoms with Crippen molar-refractivity contribution in [2.45, 2.75) is 37.9 Å². The van der Waals surface area contributed by atoms with E-state index in [4.69, 9.17) is 4.74 Å². The minimum atomic E-state index is -0.847. The lowest BCUT2D eigenvalue weighted by Crippen LogP contribution is -2.33. The van der Waals surface area contributed by atoms with Crippen LogP contribution in [0.3, 0.4) is 0 Å². The Bertz CT molecular complexity index is 864. The second kappa shape index (κ2) is 7.30. The number of aromatic nitrogens is 1. The average Bonchev–Trinajstić information content (AvgIpc) is 2.68. The van der Waals surface area contributed by atoms with Gasteiger partial charge in [-0.3, -0.25) is 0 Å². The largest absolute Gasteiger partial charge is 0.473 e. The molecule has 0 radical (unpaired) electrons. The molecular formula is C23H23NO2. The van der Waals surface area contributed by atoms with E-state index in [0.717, 1.165) is 41.6 Å². The van der Waals surface area contributed by atoms with Crippen molar-refractivity contribution in [1.82, 2.24) is 4.98 Å². The molecule has 1 aromatic heterocycles. The minimum absolute atomic E-state index is 0.501. The molecule has 3 aromatic rings. The zero-order chi connectivity index (χ0) is 17.8. The number of pyridine rings is 1. The highest BCUT2D eigenvalue weighted by atomic mass is 16.5. The molecule has 3 nitrogen and oxygen atoms in total. The van der Waals surface area contributed by atoms with Crippen LogP contribution in [0.4, 0.5) is 0 Å². The molecule has 0 amide bonds. The predicted octanol–water partition coefficient (Wildman–Crippen LogP) is 4.43. The number of ether oxygens (including phenoxy) is 1. The second-order valence-corrected chi connectivity index (χ2v) is 6.97. The molecule has 1 unspecified atom stereocenters. The number of fused-ring (bicyclic) bond motifs is 1. The van der Waals surface area contributed by atoms with Gasteiger partial charge in [0.25, 0.3) is 0 Å². The third-order valence-electron chi connectivity index (χ3n) is 5.02. The molecule has 0 saturated heterocycles. The van der Waals surface area contributed by atoms with Gasteiger partial charge >= 0.3 is 0 Å². The minimum Gasteiger partial charge on any atom is -0.473 e. The van der Waals surface area contributed by atoms with Gasteiger partial charge in [-0.05, 0) is 36.5 Å². The Morgan fingerprint density at radius 2 is 1.58 bits per heavy atom. The summed E-state index contributed by atoms with van der Waals surface area (Å²) in [5.41, 5.74) is 3.32. The molecule has 2 aromatic carbocycles. The molecular weight excluding hydrogens is 322 g/mol.